The lowest BCUT2D eigenvalue weighted by Gasteiger charge is -2.46. The average Bonchev–Trinajstić information content (AvgIpc) is 3.15. The van der Waals surface area contributed by atoms with E-state index in [-0.39, 0.29) is 23.9 Å². The summed E-state index contributed by atoms with van der Waals surface area (Å²) in [5, 5.41) is 19.5. The van der Waals surface area contributed by atoms with E-state index in [0.29, 0.717) is 17.9 Å². The van der Waals surface area contributed by atoms with Crippen LogP contribution in [0.5, 0.6) is 0 Å². The molecular weight excluding hydrogens is 244 g/mol. The second-order valence-electron chi connectivity index (χ2n) is 6.24. The number of fused-ring (bicyclic) bond motifs is 3. The number of aliphatic hydroxyl groups is 2. The molecule has 0 bridgehead atoms. The first-order chi connectivity index (χ1) is 8.88. The zero-order valence-corrected chi connectivity index (χ0v) is 11.3. The van der Waals surface area contributed by atoms with Gasteiger partial charge in [0.25, 0.3) is 0 Å². The normalized spacial score (nSPS) is 48.1. The Morgan fingerprint density at radius 1 is 1.58 bits per heavy atom. The molecule has 4 nitrogen and oxygen atoms in total. The predicted octanol–water partition coefficient (Wildman–Crippen LogP) is 0.979. The smallest absolute Gasteiger partial charge is 0.194 e. The molecule has 1 heterocycles. The van der Waals surface area contributed by atoms with E-state index in [1.54, 1.807) is 0 Å². The van der Waals surface area contributed by atoms with Crippen LogP contribution in [0.4, 0.5) is 0 Å². The Hall–Kier alpha value is -0.970. The predicted molar refractivity (Wildman–Crippen MR) is 69.4 cm³/mol. The standard InChI is InChI=1S/C15H20O4/c1-8-4-5-11(17)10-6-12(18)15(9(2)7-16)13(19-15)14(8,10)3/h6,8,11,13,16-17H,2,4-5,7H2,1,3H3. The molecule has 1 aliphatic heterocycles. The van der Waals surface area contributed by atoms with Crippen molar-refractivity contribution in [3.05, 3.63) is 23.8 Å². The Morgan fingerprint density at radius 3 is 2.89 bits per heavy atom. The van der Waals surface area contributed by atoms with E-state index in [1.165, 1.54) is 6.08 Å². The molecule has 0 aromatic carbocycles. The minimum Gasteiger partial charge on any atom is -0.392 e. The van der Waals surface area contributed by atoms with Crippen LogP contribution in [0.3, 0.4) is 0 Å². The molecule has 0 radical (unpaired) electrons. The molecule has 5 unspecified atom stereocenters. The molecule has 3 aliphatic rings. The number of carbonyl (C=O) groups is 1. The second kappa shape index (κ2) is 3.78. The monoisotopic (exact) mass is 264 g/mol. The third-order valence-corrected chi connectivity index (χ3v) is 5.41. The maximum Gasteiger partial charge on any atom is 0.194 e. The van der Waals surface area contributed by atoms with Gasteiger partial charge in [-0.3, -0.25) is 4.79 Å². The topological polar surface area (TPSA) is 70.1 Å². The van der Waals surface area contributed by atoms with Gasteiger partial charge in [0.15, 0.2) is 11.4 Å². The molecule has 5 atom stereocenters. The largest absolute Gasteiger partial charge is 0.392 e. The first kappa shape index (κ1) is 13.0. The van der Waals surface area contributed by atoms with E-state index in [2.05, 4.69) is 20.4 Å². The molecule has 2 aliphatic carbocycles. The van der Waals surface area contributed by atoms with Crippen molar-refractivity contribution >= 4 is 5.78 Å². The van der Waals surface area contributed by atoms with E-state index >= 15 is 0 Å². The number of carbonyl (C=O) groups excluding carboxylic acids is 1. The molecule has 2 fully saturated rings. The summed E-state index contributed by atoms with van der Waals surface area (Å²) in [6, 6.07) is 0. The fourth-order valence-electron chi connectivity index (χ4n) is 3.86. The molecule has 0 amide bonds. The molecule has 104 valence electrons. The first-order valence-electron chi connectivity index (χ1n) is 6.80. The van der Waals surface area contributed by atoms with Crippen molar-refractivity contribution in [3.63, 3.8) is 0 Å². The molecule has 0 spiro atoms. The number of aliphatic hydroxyl groups excluding tert-OH is 2. The van der Waals surface area contributed by atoms with E-state index in [0.717, 1.165) is 12.0 Å². The molecule has 19 heavy (non-hydrogen) atoms. The lowest BCUT2D eigenvalue weighted by Crippen LogP contribution is -2.50. The summed E-state index contributed by atoms with van der Waals surface area (Å²) < 4.78 is 5.75. The van der Waals surface area contributed by atoms with Crippen molar-refractivity contribution in [1.82, 2.24) is 0 Å². The van der Waals surface area contributed by atoms with Gasteiger partial charge in [0.05, 0.1) is 12.7 Å². The molecule has 0 aromatic rings. The minimum absolute atomic E-state index is 0.183. The van der Waals surface area contributed by atoms with Crippen molar-refractivity contribution in [2.45, 2.75) is 44.5 Å². The summed E-state index contributed by atoms with van der Waals surface area (Å²) in [5.41, 5.74) is -0.173. The summed E-state index contributed by atoms with van der Waals surface area (Å²) in [7, 11) is 0. The number of rotatable bonds is 2. The van der Waals surface area contributed by atoms with Gasteiger partial charge in [-0.15, -0.1) is 0 Å². The molecule has 3 rings (SSSR count). The van der Waals surface area contributed by atoms with Crippen LogP contribution in [0.1, 0.15) is 26.7 Å². The van der Waals surface area contributed by atoms with E-state index in [1.807, 2.05) is 0 Å². The van der Waals surface area contributed by atoms with Gasteiger partial charge in [-0.25, -0.2) is 0 Å². The molecule has 1 saturated heterocycles. The molecule has 2 N–H and O–H groups in total. The number of ether oxygens (including phenoxy) is 1. The van der Waals surface area contributed by atoms with E-state index in [9.17, 15) is 15.0 Å². The Labute approximate surface area is 112 Å². The van der Waals surface area contributed by atoms with Crippen LogP contribution in [0.2, 0.25) is 0 Å². The highest BCUT2D eigenvalue weighted by molar-refractivity contribution is 6.05. The zero-order chi connectivity index (χ0) is 14.0. The average molecular weight is 264 g/mol. The Morgan fingerprint density at radius 2 is 2.26 bits per heavy atom. The zero-order valence-electron chi connectivity index (χ0n) is 11.3. The number of hydrogen-bond acceptors (Lipinski definition) is 4. The van der Waals surface area contributed by atoms with Gasteiger partial charge >= 0.3 is 0 Å². The van der Waals surface area contributed by atoms with E-state index < -0.39 is 11.7 Å². The van der Waals surface area contributed by atoms with Gasteiger partial charge in [-0.2, -0.15) is 0 Å². The lowest BCUT2D eigenvalue weighted by atomic mass is 9.57. The molecule has 0 aromatic heterocycles. The maximum absolute atomic E-state index is 12.3. The van der Waals surface area contributed by atoms with Gasteiger partial charge in [0.2, 0.25) is 0 Å². The van der Waals surface area contributed by atoms with Crippen LogP contribution in [0.15, 0.2) is 23.8 Å². The quantitative estimate of drug-likeness (QED) is 0.576. The summed E-state index contributed by atoms with van der Waals surface area (Å²) >= 11 is 0. The maximum atomic E-state index is 12.3. The van der Waals surface area contributed by atoms with E-state index in [4.69, 9.17) is 4.74 Å². The van der Waals surface area contributed by atoms with Gasteiger partial charge in [0.1, 0.15) is 6.10 Å². The van der Waals surface area contributed by atoms with Gasteiger partial charge in [-0.05, 0) is 36.0 Å². The summed E-state index contributed by atoms with van der Waals surface area (Å²) in [5.74, 6) is 0.144. The number of ketones is 1. The van der Waals surface area contributed by atoms with Crippen LogP contribution in [-0.2, 0) is 9.53 Å². The van der Waals surface area contributed by atoms with Gasteiger partial charge in [0, 0.05) is 5.41 Å². The van der Waals surface area contributed by atoms with Gasteiger partial charge < -0.3 is 14.9 Å². The van der Waals surface area contributed by atoms with Crippen molar-refractivity contribution in [1.29, 1.82) is 0 Å². The number of epoxide rings is 1. The Kier molecular flexibility index (Phi) is 2.59. The van der Waals surface area contributed by atoms with Crippen molar-refractivity contribution in [2.24, 2.45) is 11.3 Å². The summed E-state index contributed by atoms with van der Waals surface area (Å²) in [4.78, 5) is 12.3. The fourth-order valence-corrected chi connectivity index (χ4v) is 3.86. The van der Waals surface area contributed by atoms with Crippen LogP contribution in [-0.4, -0.2) is 40.4 Å². The lowest BCUT2D eigenvalue weighted by molar-refractivity contribution is -0.119. The highest BCUT2D eigenvalue weighted by Crippen LogP contribution is 2.63. The minimum atomic E-state index is -1.04. The van der Waals surface area contributed by atoms with Crippen molar-refractivity contribution in [3.8, 4) is 0 Å². The first-order valence-corrected chi connectivity index (χ1v) is 6.80. The summed E-state index contributed by atoms with van der Waals surface area (Å²) in [6.45, 7) is 7.71. The Balaban J connectivity index is 2.10. The van der Waals surface area contributed by atoms with Crippen LogP contribution >= 0.6 is 0 Å². The van der Waals surface area contributed by atoms with Crippen molar-refractivity contribution in [2.75, 3.05) is 6.61 Å². The molecular formula is C15H20O4. The fraction of sp³-hybridized carbons (Fsp3) is 0.667. The van der Waals surface area contributed by atoms with Crippen LogP contribution < -0.4 is 0 Å². The third-order valence-electron chi connectivity index (χ3n) is 5.41. The van der Waals surface area contributed by atoms with Crippen LogP contribution in [0, 0.1) is 11.3 Å². The third kappa shape index (κ3) is 1.37. The SMILES string of the molecule is C=C(CO)C12OC1C1(C)C(=CC2=O)C(O)CCC1C. The second-order valence-corrected chi connectivity index (χ2v) is 6.24. The Bertz CT molecular complexity index is 494. The molecule has 4 heteroatoms. The number of hydrogen-bond donors (Lipinski definition) is 2. The van der Waals surface area contributed by atoms with Crippen LogP contribution in [0.25, 0.3) is 0 Å². The summed E-state index contributed by atoms with van der Waals surface area (Å²) in [6.07, 6.45) is 2.28. The highest BCUT2D eigenvalue weighted by atomic mass is 16.6. The highest BCUT2D eigenvalue weighted by Gasteiger charge is 2.74. The van der Waals surface area contributed by atoms with Gasteiger partial charge in [-0.1, -0.05) is 20.4 Å². The van der Waals surface area contributed by atoms with Crippen molar-refractivity contribution < 1.29 is 19.7 Å². The molecule has 1 saturated carbocycles.